The topological polar surface area (TPSA) is 82.9 Å². The van der Waals surface area contributed by atoms with Crippen LogP contribution in [0, 0.1) is 11.3 Å². The second-order valence-corrected chi connectivity index (χ2v) is 6.23. The van der Waals surface area contributed by atoms with Crippen LogP contribution in [0.15, 0.2) is 24.4 Å². The van der Waals surface area contributed by atoms with Gasteiger partial charge in [0.1, 0.15) is 5.54 Å². The van der Waals surface area contributed by atoms with Gasteiger partial charge in [-0.15, -0.1) is 0 Å². The van der Waals surface area contributed by atoms with Crippen molar-refractivity contribution in [3.63, 3.8) is 0 Å². The number of nitrogens with one attached hydrogen (secondary N) is 1. The molecule has 0 unspecified atom stereocenters. The maximum Gasteiger partial charge on any atom is 0.213 e. The Morgan fingerprint density at radius 1 is 1.37 bits per heavy atom. The number of nitriles is 1. The zero-order chi connectivity index (χ0) is 14.4. The molecule has 0 aliphatic heterocycles. The van der Waals surface area contributed by atoms with Crippen LogP contribution in [-0.4, -0.2) is 24.7 Å². The van der Waals surface area contributed by atoms with Gasteiger partial charge in [0.2, 0.25) is 10.0 Å². The van der Waals surface area contributed by atoms with Gasteiger partial charge in [0.05, 0.1) is 11.8 Å². The molecule has 6 heteroatoms. The monoisotopic (exact) mass is 281 g/mol. The minimum Gasteiger partial charge on any atom is -0.261 e. The molecule has 0 radical (unpaired) electrons. The molecule has 0 saturated carbocycles. The molecular weight excluding hydrogens is 262 g/mol. The highest BCUT2D eigenvalue weighted by atomic mass is 32.2. The van der Waals surface area contributed by atoms with E-state index < -0.39 is 15.6 Å². The molecule has 19 heavy (non-hydrogen) atoms. The summed E-state index contributed by atoms with van der Waals surface area (Å²) in [5.41, 5.74) is -0.272. The summed E-state index contributed by atoms with van der Waals surface area (Å²) in [6.07, 6.45) is 2.86. The van der Waals surface area contributed by atoms with E-state index >= 15 is 0 Å². The first-order valence-electron chi connectivity index (χ1n) is 6.30. The average molecular weight is 281 g/mol. The van der Waals surface area contributed by atoms with Crippen molar-refractivity contribution in [3.8, 4) is 6.07 Å². The van der Waals surface area contributed by atoms with E-state index in [9.17, 15) is 8.42 Å². The summed E-state index contributed by atoms with van der Waals surface area (Å²) in [6, 6.07) is 7.45. The molecule has 104 valence electrons. The molecule has 5 nitrogen and oxygen atoms in total. The van der Waals surface area contributed by atoms with E-state index in [4.69, 9.17) is 5.26 Å². The third-order valence-electron chi connectivity index (χ3n) is 3.13. The molecular formula is C13H19N3O2S. The van der Waals surface area contributed by atoms with Crippen molar-refractivity contribution in [3.05, 3.63) is 30.1 Å². The predicted molar refractivity (Wildman–Crippen MR) is 73.8 cm³/mol. The summed E-state index contributed by atoms with van der Waals surface area (Å²) in [4.78, 5) is 4.08. The molecule has 0 saturated heterocycles. The lowest BCUT2D eigenvalue weighted by molar-refractivity contribution is 0.446. The number of hydrogen-bond donors (Lipinski definition) is 1. The number of sulfonamides is 1. The molecule has 0 atom stereocenters. The number of nitrogens with zero attached hydrogens (tertiary/aromatic N) is 2. The van der Waals surface area contributed by atoms with Crippen molar-refractivity contribution < 1.29 is 8.42 Å². The molecule has 0 aliphatic rings. The van der Waals surface area contributed by atoms with Gasteiger partial charge in [-0.1, -0.05) is 19.9 Å². The van der Waals surface area contributed by atoms with Crippen molar-refractivity contribution in [2.45, 2.75) is 38.6 Å². The smallest absolute Gasteiger partial charge is 0.213 e. The molecule has 0 spiro atoms. The second-order valence-electron chi connectivity index (χ2n) is 4.39. The minimum absolute atomic E-state index is 0.0621. The Kier molecular flexibility index (Phi) is 5.45. The van der Waals surface area contributed by atoms with Crippen LogP contribution < -0.4 is 4.72 Å². The Bertz CT molecular complexity index is 531. The lowest BCUT2D eigenvalue weighted by Crippen LogP contribution is -2.47. The predicted octanol–water partition coefficient (Wildman–Crippen LogP) is 1.63. The van der Waals surface area contributed by atoms with E-state index in [-0.39, 0.29) is 5.75 Å². The van der Waals surface area contributed by atoms with Gasteiger partial charge in [0.15, 0.2) is 0 Å². The molecule has 1 aromatic rings. The van der Waals surface area contributed by atoms with E-state index in [2.05, 4.69) is 15.8 Å². The summed E-state index contributed by atoms with van der Waals surface area (Å²) in [6.45, 7) is 3.60. The molecule has 0 aromatic carbocycles. The van der Waals surface area contributed by atoms with Gasteiger partial charge >= 0.3 is 0 Å². The summed E-state index contributed by atoms with van der Waals surface area (Å²) < 4.78 is 26.5. The quantitative estimate of drug-likeness (QED) is 0.823. The van der Waals surface area contributed by atoms with Crippen LogP contribution in [0.25, 0.3) is 0 Å². The highest BCUT2D eigenvalue weighted by molar-refractivity contribution is 7.89. The van der Waals surface area contributed by atoms with Crippen molar-refractivity contribution in [1.29, 1.82) is 5.26 Å². The fourth-order valence-corrected chi connectivity index (χ4v) is 3.22. The van der Waals surface area contributed by atoms with Crippen LogP contribution in [-0.2, 0) is 16.4 Å². The van der Waals surface area contributed by atoms with Crippen LogP contribution in [0.3, 0.4) is 0 Å². The molecule has 0 bridgehead atoms. The Morgan fingerprint density at radius 2 is 2.05 bits per heavy atom. The first-order valence-corrected chi connectivity index (χ1v) is 7.95. The van der Waals surface area contributed by atoms with Crippen LogP contribution >= 0.6 is 0 Å². The molecule has 1 aromatic heterocycles. The van der Waals surface area contributed by atoms with E-state index in [0.29, 0.717) is 19.3 Å². The van der Waals surface area contributed by atoms with E-state index in [1.165, 1.54) is 0 Å². The van der Waals surface area contributed by atoms with Gasteiger partial charge in [0, 0.05) is 18.3 Å². The number of hydrogen-bond acceptors (Lipinski definition) is 4. The largest absolute Gasteiger partial charge is 0.261 e. The molecule has 0 fully saturated rings. The Labute approximate surface area is 114 Å². The van der Waals surface area contributed by atoms with Gasteiger partial charge in [0.25, 0.3) is 0 Å². The normalized spacial score (nSPS) is 12.1. The third-order valence-corrected chi connectivity index (χ3v) is 4.57. The van der Waals surface area contributed by atoms with Gasteiger partial charge in [-0.05, 0) is 25.0 Å². The first-order chi connectivity index (χ1) is 8.97. The lowest BCUT2D eigenvalue weighted by atomic mass is 9.97. The Balaban J connectivity index is 2.70. The Morgan fingerprint density at radius 3 is 2.53 bits per heavy atom. The van der Waals surface area contributed by atoms with Crippen LogP contribution in [0.2, 0.25) is 0 Å². The van der Waals surface area contributed by atoms with Crippen LogP contribution in [0.5, 0.6) is 0 Å². The number of rotatable bonds is 7. The fourth-order valence-electron chi connectivity index (χ4n) is 1.71. The molecule has 1 rings (SSSR count). The standard InChI is InChI=1S/C13H19N3O2S/c1-3-13(4-2,11-14)16-19(17,18)10-8-12-7-5-6-9-15-12/h5-7,9,16H,3-4,8,10H2,1-2H3. The average Bonchev–Trinajstić information content (AvgIpc) is 2.44. The van der Waals surface area contributed by atoms with E-state index in [0.717, 1.165) is 5.69 Å². The Hall–Kier alpha value is -1.45. The van der Waals surface area contributed by atoms with Crippen molar-refractivity contribution >= 4 is 10.0 Å². The molecule has 0 amide bonds. The fraction of sp³-hybridized carbons (Fsp3) is 0.538. The highest BCUT2D eigenvalue weighted by Gasteiger charge is 2.30. The summed E-state index contributed by atoms with van der Waals surface area (Å²) >= 11 is 0. The van der Waals surface area contributed by atoms with Crippen molar-refractivity contribution in [1.82, 2.24) is 9.71 Å². The number of pyridine rings is 1. The number of aromatic nitrogens is 1. The van der Waals surface area contributed by atoms with Gasteiger partial charge in [-0.2, -0.15) is 9.98 Å². The third kappa shape index (κ3) is 4.62. The maximum absolute atomic E-state index is 12.0. The molecule has 1 heterocycles. The molecule has 1 N–H and O–H groups in total. The van der Waals surface area contributed by atoms with Gasteiger partial charge < -0.3 is 0 Å². The highest BCUT2D eigenvalue weighted by Crippen LogP contribution is 2.15. The van der Waals surface area contributed by atoms with Gasteiger partial charge in [-0.25, -0.2) is 8.42 Å². The van der Waals surface area contributed by atoms with Gasteiger partial charge in [-0.3, -0.25) is 4.98 Å². The van der Waals surface area contributed by atoms with E-state index in [1.807, 2.05) is 6.07 Å². The lowest BCUT2D eigenvalue weighted by Gasteiger charge is -2.24. The summed E-state index contributed by atoms with van der Waals surface area (Å²) in [5, 5.41) is 9.14. The summed E-state index contributed by atoms with van der Waals surface area (Å²) in [5.74, 6) is -0.0621. The summed E-state index contributed by atoms with van der Waals surface area (Å²) in [7, 11) is -3.49. The first kappa shape index (κ1) is 15.6. The van der Waals surface area contributed by atoms with Crippen molar-refractivity contribution in [2.75, 3.05) is 5.75 Å². The number of aryl methyl sites for hydroxylation is 1. The zero-order valence-corrected chi connectivity index (χ0v) is 12.1. The zero-order valence-electron chi connectivity index (χ0n) is 11.3. The minimum atomic E-state index is -3.49. The van der Waals surface area contributed by atoms with Crippen molar-refractivity contribution in [2.24, 2.45) is 0 Å². The van der Waals surface area contributed by atoms with Crippen LogP contribution in [0.1, 0.15) is 32.4 Å². The maximum atomic E-state index is 12.0. The second kappa shape index (κ2) is 6.64. The van der Waals surface area contributed by atoms with E-state index in [1.54, 1.807) is 32.2 Å². The molecule has 0 aliphatic carbocycles. The van der Waals surface area contributed by atoms with Crippen LogP contribution in [0.4, 0.5) is 0 Å². The SMILES string of the molecule is CCC(C#N)(CC)NS(=O)(=O)CCc1ccccn1.